The standard InChI is InChI=1S/C25H33N3O2/c29-23(19-27-14-4-1-5-15-27)20-30-24-10-8-21(9-11-24)18-26-13-17-28-16-12-22-6-2-3-7-25(22)28/h2-3,6-12,16,23,26,29H,1,4-5,13-15,17-20H2/t23-/m1/s1. The Hall–Kier alpha value is -2.34. The van der Waals surface area contributed by atoms with Crippen molar-refractivity contribution in [2.45, 2.75) is 38.5 Å². The Balaban J connectivity index is 1.15. The molecule has 1 aliphatic heterocycles. The predicted molar refractivity (Wildman–Crippen MR) is 122 cm³/mol. The molecule has 2 heterocycles. The Morgan fingerprint density at radius 3 is 2.60 bits per heavy atom. The second-order valence-electron chi connectivity index (χ2n) is 8.21. The Bertz CT molecular complexity index is 900. The SMILES string of the molecule is O[C@@H](COc1ccc(CNCCn2ccc3ccccc32)cc1)CN1CCCCC1. The molecule has 1 aromatic heterocycles. The van der Waals surface area contributed by atoms with Gasteiger partial charge < -0.3 is 24.6 Å². The van der Waals surface area contributed by atoms with E-state index in [1.54, 1.807) is 0 Å². The minimum absolute atomic E-state index is 0.346. The number of β-amino-alcohol motifs (C(OH)–C–C–N with tert-alkyl or cyclic N) is 1. The quantitative estimate of drug-likeness (QED) is 0.504. The van der Waals surface area contributed by atoms with Crippen LogP contribution in [0.15, 0.2) is 60.8 Å². The van der Waals surface area contributed by atoms with Gasteiger partial charge in [-0.3, -0.25) is 0 Å². The summed E-state index contributed by atoms with van der Waals surface area (Å²) in [7, 11) is 0. The van der Waals surface area contributed by atoms with Crippen LogP contribution in [0.5, 0.6) is 5.75 Å². The van der Waals surface area contributed by atoms with E-state index >= 15 is 0 Å². The van der Waals surface area contributed by atoms with E-state index in [4.69, 9.17) is 4.74 Å². The van der Waals surface area contributed by atoms with Crippen molar-refractivity contribution in [3.63, 3.8) is 0 Å². The van der Waals surface area contributed by atoms with Crippen molar-refractivity contribution in [2.24, 2.45) is 0 Å². The van der Waals surface area contributed by atoms with Crippen LogP contribution in [0.2, 0.25) is 0 Å². The maximum absolute atomic E-state index is 10.2. The number of hydrogen-bond donors (Lipinski definition) is 2. The molecule has 1 aliphatic rings. The summed E-state index contributed by atoms with van der Waals surface area (Å²) in [6.07, 6.45) is 5.51. The maximum Gasteiger partial charge on any atom is 0.119 e. The third kappa shape index (κ3) is 5.85. The Kier molecular flexibility index (Phi) is 7.40. The molecule has 30 heavy (non-hydrogen) atoms. The van der Waals surface area contributed by atoms with E-state index in [0.29, 0.717) is 13.2 Å². The van der Waals surface area contributed by atoms with Crippen LogP contribution in [0.25, 0.3) is 10.9 Å². The minimum atomic E-state index is -0.436. The molecular formula is C25H33N3O2. The molecule has 0 unspecified atom stereocenters. The molecule has 5 nitrogen and oxygen atoms in total. The van der Waals surface area contributed by atoms with Crippen molar-refractivity contribution >= 4 is 10.9 Å². The maximum atomic E-state index is 10.2. The molecule has 0 spiro atoms. The zero-order chi connectivity index (χ0) is 20.6. The average molecular weight is 408 g/mol. The first kappa shape index (κ1) is 20.9. The van der Waals surface area contributed by atoms with E-state index in [2.05, 4.69) is 63.4 Å². The van der Waals surface area contributed by atoms with Crippen molar-refractivity contribution in [1.29, 1.82) is 0 Å². The van der Waals surface area contributed by atoms with Crippen molar-refractivity contribution in [3.05, 3.63) is 66.4 Å². The predicted octanol–water partition coefficient (Wildman–Crippen LogP) is 3.66. The number of para-hydroxylation sites is 1. The van der Waals surface area contributed by atoms with E-state index in [0.717, 1.165) is 38.5 Å². The lowest BCUT2D eigenvalue weighted by Crippen LogP contribution is -2.38. The van der Waals surface area contributed by atoms with E-state index in [-0.39, 0.29) is 0 Å². The van der Waals surface area contributed by atoms with Crippen LogP contribution in [0, 0.1) is 0 Å². The van der Waals surface area contributed by atoms with E-state index in [1.807, 2.05) is 12.1 Å². The Labute approximate surface area is 179 Å². The van der Waals surface area contributed by atoms with Gasteiger partial charge in [-0.05, 0) is 61.1 Å². The number of rotatable bonds is 10. The van der Waals surface area contributed by atoms with Crippen molar-refractivity contribution in [3.8, 4) is 5.75 Å². The number of fused-ring (bicyclic) bond motifs is 1. The number of nitrogens with one attached hydrogen (secondary N) is 1. The number of aliphatic hydroxyl groups is 1. The molecule has 2 aromatic carbocycles. The number of benzene rings is 2. The molecule has 0 radical (unpaired) electrons. The van der Waals surface area contributed by atoms with Crippen LogP contribution in [-0.4, -0.2) is 53.5 Å². The molecule has 0 saturated carbocycles. The van der Waals surface area contributed by atoms with Crippen molar-refractivity contribution in [1.82, 2.24) is 14.8 Å². The third-order valence-electron chi connectivity index (χ3n) is 5.82. The first-order valence-corrected chi connectivity index (χ1v) is 11.1. The number of piperidine rings is 1. The molecule has 160 valence electrons. The summed E-state index contributed by atoms with van der Waals surface area (Å²) in [6, 6.07) is 18.8. The number of hydrogen-bond acceptors (Lipinski definition) is 4. The average Bonchev–Trinajstić information content (AvgIpc) is 3.20. The van der Waals surface area contributed by atoms with Gasteiger partial charge in [0.2, 0.25) is 0 Å². The van der Waals surface area contributed by atoms with E-state index in [1.165, 1.54) is 35.7 Å². The van der Waals surface area contributed by atoms with Gasteiger partial charge in [-0.15, -0.1) is 0 Å². The van der Waals surface area contributed by atoms with Crippen LogP contribution in [0.4, 0.5) is 0 Å². The number of aromatic nitrogens is 1. The summed E-state index contributed by atoms with van der Waals surface area (Å²) in [5.41, 5.74) is 2.51. The molecule has 4 rings (SSSR count). The molecule has 1 atom stereocenters. The normalized spacial score (nSPS) is 16.0. The van der Waals surface area contributed by atoms with Gasteiger partial charge in [-0.25, -0.2) is 0 Å². The van der Waals surface area contributed by atoms with Crippen LogP contribution in [0.1, 0.15) is 24.8 Å². The highest BCUT2D eigenvalue weighted by Crippen LogP contribution is 2.15. The summed E-state index contributed by atoms with van der Waals surface area (Å²) in [6.45, 7) is 5.94. The first-order chi connectivity index (χ1) is 14.8. The molecule has 1 saturated heterocycles. The summed E-state index contributed by atoms with van der Waals surface area (Å²) < 4.78 is 8.07. The Morgan fingerprint density at radius 1 is 0.967 bits per heavy atom. The smallest absolute Gasteiger partial charge is 0.119 e. The highest BCUT2D eigenvalue weighted by Gasteiger charge is 2.15. The molecule has 2 N–H and O–H groups in total. The minimum Gasteiger partial charge on any atom is -0.491 e. The van der Waals surface area contributed by atoms with E-state index in [9.17, 15) is 5.11 Å². The number of likely N-dealkylation sites (tertiary alicyclic amines) is 1. The highest BCUT2D eigenvalue weighted by atomic mass is 16.5. The van der Waals surface area contributed by atoms with Gasteiger partial charge in [0.25, 0.3) is 0 Å². The zero-order valence-electron chi connectivity index (χ0n) is 17.7. The Morgan fingerprint density at radius 2 is 1.77 bits per heavy atom. The second kappa shape index (κ2) is 10.6. The lowest BCUT2D eigenvalue weighted by atomic mass is 10.1. The molecule has 0 amide bonds. The lowest BCUT2D eigenvalue weighted by molar-refractivity contribution is 0.0617. The number of aliphatic hydroxyl groups excluding tert-OH is 1. The lowest BCUT2D eigenvalue weighted by Gasteiger charge is -2.28. The van der Waals surface area contributed by atoms with Gasteiger partial charge in [-0.1, -0.05) is 36.8 Å². The second-order valence-corrected chi connectivity index (χ2v) is 8.21. The van der Waals surface area contributed by atoms with Crippen LogP contribution in [0.3, 0.4) is 0 Å². The molecule has 5 heteroatoms. The van der Waals surface area contributed by atoms with Crippen LogP contribution in [-0.2, 0) is 13.1 Å². The van der Waals surface area contributed by atoms with Gasteiger partial charge in [-0.2, -0.15) is 0 Å². The number of nitrogens with zero attached hydrogens (tertiary/aromatic N) is 2. The van der Waals surface area contributed by atoms with Crippen LogP contribution < -0.4 is 10.1 Å². The van der Waals surface area contributed by atoms with Gasteiger partial charge in [0, 0.05) is 37.9 Å². The van der Waals surface area contributed by atoms with Gasteiger partial charge in [0.05, 0.1) is 0 Å². The fraction of sp³-hybridized carbons (Fsp3) is 0.440. The topological polar surface area (TPSA) is 49.7 Å². The van der Waals surface area contributed by atoms with Gasteiger partial charge >= 0.3 is 0 Å². The fourth-order valence-electron chi connectivity index (χ4n) is 4.16. The van der Waals surface area contributed by atoms with Gasteiger partial charge in [0.15, 0.2) is 0 Å². The third-order valence-corrected chi connectivity index (χ3v) is 5.82. The first-order valence-electron chi connectivity index (χ1n) is 11.1. The molecular weight excluding hydrogens is 374 g/mol. The molecule has 3 aromatic rings. The molecule has 0 aliphatic carbocycles. The summed E-state index contributed by atoms with van der Waals surface area (Å²) in [5, 5.41) is 15.0. The highest BCUT2D eigenvalue weighted by molar-refractivity contribution is 5.79. The summed E-state index contributed by atoms with van der Waals surface area (Å²) in [5.74, 6) is 0.815. The molecule has 1 fully saturated rings. The zero-order valence-corrected chi connectivity index (χ0v) is 17.7. The monoisotopic (exact) mass is 407 g/mol. The van der Waals surface area contributed by atoms with Gasteiger partial charge in [0.1, 0.15) is 18.5 Å². The fourth-order valence-corrected chi connectivity index (χ4v) is 4.16. The summed E-state index contributed by atoms with van der Waals surface area (Å²) >= 11 is 0. The van der Waals surface area contributed by atoms with Crippen molar-refractivity contribution in [2.75, 3.05) is 32.8 Å². The van der Waals surface area contributed by atoms with Crippen LogP contribution >= 0.6 is 0 Å². The number of ether oxygens (including phenoxy) is 1. The van der Waals surface area contributed by atoms with Crippen molar-refractivity contribution < 1.29 is 9.84 Å². The summed E-state index contributed by atoms with van der Waals surface area (Å²) in [4.78, 5) is 2.34. The molecule has 0 bridgehead atoms. The van der Waals surface area contributed by atoms with E-state index < -0.39 is 6.10 Å². The largest absolute Gasteiger partial charge is 0.491 e.